The lowest BCUT2D eigenvalue weighted by Crippen LogP contribution is -2.38. The maximum absolute atomic E-state index is 12.8. The largest absolute Gasteiger partial charge is 0.425 e. The van der Waals surface area contributed by atoms with Crippen molar-refractivity contribution in [1.29, 1.82) is 0 Å². The van der Waals surface area contributed by atoms with Crippen LogP contribution in [0.15, 0.2) is 28.7 Å². The first kappa shape index (κ1) is 18.6. The second-order valence-electron chi connectivity index (χ2n) is 8.53. The van der Waals surface area contributed by atoms with E-state index in [4.69, 9.17) is 4.42 Å². The van der Waals surface area contributed by atoms with E-state index in [9.17, 15) is 4.79 Å². The molecule has 1 fully saturated rings. The lowest BCUT2D eigenvalue weighted by molar-refractivity contribution is 0.0706. The Balaban J connectivity index is 1.61. The van der Waals surface area contributed by atoms with Gasteiger partial charge in [0.2, 0.25) is 11.8 Å². The van der Waals surface area contributed by atoms with Crippen LogP contribution in [0.2, 0.25) is 0 Å². The number of aromatic nitrogens is 2. The van der Waals surface area contributed by atoms with Crippen molar-refractivity contribution < 1.29 is 9.21 Å². The Bertz CT molecular complexity index is 748. The first-order chi connectivity index (χ1) is 12.3. The second kappa shape index (κ2) is 7.22. The molecular weight excluding hydrogens is 326 g/mol. The minimum Gasteiger partial charge on any atom is -0.425 e. The Morgan fingerprint density at radius 2 is 1.73 bits per heavy atom. The lowest BCUT2D eigenvalue weighted by Gasteiger charge is -2.30. The van der Waals surface area contributed by atoms with Crippen molar-refractivity contribution in [2.45, 2.75) is 64.7 Å². The number of hydrogen-bond donors (Lipinski definition) is 0. The molecule has 1 aromatic carbocycles. The van der Waals surface area contributed by atoms with Gasteiger partial charge in [-0.1, -0.05) is 46.8 Å². The zero-order valence-corrected chi connectivity index (χ0v) is 16.5. The number of carbonyl (C=O) groups is 1. The standard InChI is InChI=1S/C21H29N3O2/c1-14(2)18-22-23-19(26-18)15-10-12-24(13-11-15)20(25)16-6-8-17(9-7-16)21(3,4)5/h6-9,14-15H,10-13H2,1-5H3. The number of piperidine rings is 1. The molecule has 0 atom stereocenters. The average molecular weight is 355 g/mol. The van der Waals surface area contributed by atoms with Gasteiger partial charge in [0.25, 0.3) is 5.91 Å². The fourth-order valence-corrected chi connectivity index (χ4v) is 3.27. The second-order valence-corrected chi connectivity index (χ2v) is 8.53. The van der Waals surface area contributed by atoms with E-state index in [0.29, 0.717) is 5.89 Å². The Hall–Kier alpha value is -2.17. The van der Waals surface area contributed by atoms with Gasteiger partial charge in [0, 0.05) is 30.5 Å². The van der Waals surface area contributed by atoms with Crippen LogP contribution in [-0.4, -0.2) is 34.1 Å². The highest BCUT2D eigenvalue weighted by Crippen LogP contribution is 2.29. The van der Waals surface area contributed by atoms with Gasteiger partial charge >= 0.3 is 0 Å². The van der Waals surface area contributed by atoms with E-state index in [1.54, 1.807) is 0 Å². The van der Waals surface area contributed by atoms with Gasteiger partial charge < -0.3 is 9.32 Å². The Morgan fingerprint density at radius 1 is 1.12 bits per heavy atom. The van der Waals surface area contributed by atoms with Gasteiger partial charge in [0.05, 0.1) is 0 Å². The number of rotatable bonds is 3. The van der Waals surface area contributed by atoms with Crippen LogP contribution >= 0.6 is 0 Å². The third-order valence-corrected chi connectivity index (χ3v) is 5.08. The first-order valence-corrected chi connectivity index (χ1v) is 9.49. The fourth-order valence-electron chi connectivity index (χ4n) is 3.27. The summed E-state index contributed by atoms with van der Waals surface area (Å²) in [6.45, 7) is 12.1. The molecule has 0 spiro atoms. The average Bonchev–Trinajstić information content (AvgIpc) is 3.11. The summed E-state index contributed by atoms with van der Waals surface area (Å²) in [5.74, 6) is 2.02. The van der Waals surface area contributed by atoms with Gasteiger partial charge in [-0.25, -0.2) is 0 Å². The molecule has 5 nitrogen and oxygen atoms in total. The third-order valence-electron chi connectivity index (χ3n) is 5.08. The van der Waals surface area contributed by atoms with Crippen LogP contribution in [0, 0.1) is 0 Å². The van der Waals surface area contributed by atoms with Crippen LogP contribution in [0.3, 0.4) is 0 Å². The highest BCUT2D eigenvalue weighted by molar-refractivity contribution is 5.94. The fraction of sp³-hybridized carbons (Fsp3) is 0.571. The molecule has 2 aromatic rings. The summed E-state index contributed by atoms with van der Waals surface area (Å²) in [6, 6.07) is 8.02. The van der Waals surface area contributed by atoms with Crippen LogP contribution < -0.4 is 0 Å². The molecule has 0 radical (unpaired) electrons. The van der Waals surface area contributed by atoms with Crippen LogP contribution in [-0.2, 0) is 5.41 Å². The lowest BCUT2D eigenvalue weighted by atomic mass is 9.86. The number of nitrogens with zero attached hydrogens (tertiary/aromatic N) is 3. The van der Waals surface area contributed by atoms with E-state index in [1.165, 1.54) is 5.56 Å². The third kappa shape index (κ3) is 3.97. The quantitative estimate of drug-likeness (QED) is 0.813. The molecule has 0 unspecified atom stereocenters. The number of hydrogen-bond acceptors (Lipinski definition) is 4. The molecule has 1 amide bonds. The summed E-state index contributed by atoms with van der Waals surface area (Å²) in [4.78, 5) is 14.7. The molecule has 1 saturated heterocycles. The molecule has 1 aliphatic rings. The predicted molar refractivity (Wildman–Crippen MR) is 101 cm³/mol. The molecular formula is C21H29N3O2. The van der Waals surface area contributed by atoms with E-state index in [0.717, 1.165) is 37.4 Å². The molecule has 1 aliphatic heterocycles. The van der Waals surface area contributed by atoms with Crippen molar-refractivity contribution in [1.82, 2.24) is 15.1 Å². The summed E-state index contributed by atoms with van der Waals surface area (Å²) < 4.78 is 5.78. The Kier molecular flexibility index (Phi) is 5.17. The van der Waals surface area contributed by atoms with Gasteiger partial charge in [0.1, 0.15) is 0 Å². The number of likely N-dealkylation sites (tertiary alicyclic amines) is 1. The van der Waals surface area contributed by atoms with Gasteiger partial charge in [-0.3, -0.25) is 4.79 Å². The van der Waals surface area contributed by atoms with Gasteiger partial charge in [-0.15, -0.1) is 10.2 Å². The number of carbonyl (C=O) groups excluding carboxylic acids is 1. The minimum absolute atomic E-state index is 0.0961. The van der Waals surface area contributed by atoms with Gasteiger partial charge in [-0.05, 0) is 36.0 Å². The van der Waals surface area contributed by atoms with E-state index in [1.807, 2.05) is 30.9 Å². The zero-order chi connectivity index (χ0) is 18.9. The van der Waals surface area contributed by atoms with Crippen molar-refractivity contribution in [3.8, 4) is 0 Å². The van der Waals surface area contributed by atoms with Crippen molar-refractivity contribution >= 4 is 5.91 Å². The molecule has 140 valence electrons. The Morgan fingerprint density at radius 3 is 2.23 bits per heavy atom. The summed E-state index contributed by atoms with van der Waals surface area (Å²) in [5.41, 5.74) is 2.10. The van der Waals surface area contributed by atoms with Crippen LogP contribution in [0.25, 0.3) is 0 Å². The predicted octanol–water partition coefficient (Wildman–Crippen LogP) is 4.51. The zero-order valence-electron chi connectivity index (χ0n) is 16.5. The maximum atomic E-state index is 12.8. The molecule has 26 heavy (non-hydrogen) atoms. The van der Waals surface area contributed by atoms with Crippen LogP contribution in [0.4, 0.5) is 0 Å². The van der Waals surface area contributed by atoms with E-state index in [-0.39, 0.29) is 23.2 Å². The van der Waals surface area contributed by atoms with Gasteiger partial charge in [-0.2, -0.15) is 0 Å². The minimum atomic E-state index is 0.0961. The van der Waals surface area contributed by atoms with E-state index < -0.39 is 0 Å². The monoisotopic (exact) mass is 355 g/mol. The van der Waals surface area contributed by atoms with E-state index in [2.05, 4.69) is 43.1 Å². The van der Waals surface area contributed by atoms with E-state index >= 15 is 0 Å². The highest BCUT2D eigenvalue weighted by atomic mass is 16.4. The summed E-state index contributed by atoms with van der Waals surface area (Å²) in [7, 11) is 0. The Labute approximate surface area is 155 Å². The SMILES string of the molecule is CC(C)c1nnc(C2CCN(C(=O)c3ccc(C(C)(C)C)cc3)CC2)o1. The normalized spacial score (nSPS) is 16.3. The van der Waals surface area contributed by atoms with Crippen molar-refractivity contribution in [3.63, 3.8) is 0 Å². The number of amides is 1. The topological polar surface area (TPSA) is 59.2 Å². The van der Waals surface area contributed by atoms with Crippen LogP contribution in [0.5, 0.6) is 0 Å². The summed E-state index contributed by atoms with van der Waals surface area (Å²) >= 11 is 0. The molecule has 0 N–H and O–H groups in total. The molecule has 3 rings (SSSR count). The van der Waals surface area contributed by atoms with Crippen molar-refractivity contribution in [3.05, 3.63) is 47.2 Å². The van der Waals surface area contributed by atoms with Crippen molar-refractivity contribution in [2.75, 3.05) is 13.1 Å². The molecule has 0 saturated carbocycles. The highest BCUT2D eigenvalue weighted by Gasteiger charge is 2.28. The first-order valence-electron chi connectivity index (χ1n) is 9.49. The smallest absolute Gasteiger partial charge is 0.253 e. The molecule has 1 aromatic heterocycles. The number of benzene rings is 1. The molecule has 0 aliphatic carbocycles. The molecule has 0 bridgehead atoms. The van der Waals surface area contributed by atoms with Crippen molar-refractivity contribution in [2.24, 2.45) is 0 Å². The molecule has 5 heteroatoms. The summed E-state index contributed by atoms with van der Waals surface area (Å²) in [5, 5.41) is 8.33. The molecule has 2 heterocycles. The van der Waals surface area contributed by atoms with Crippen LogP contribution in [0.1, 0.15) is 87.0 Å². The summed E-state index contributed by atoms with van der Waals surface area (Å²) in [6.07, 6.45) is 1.73. The maximum Gasteiger partial charge on any atom is 0.253 e. The van der Waals surface area contributed by atoms with Gasteiger partial charge in [0.15, 0.2) is 0 Å².